The zero-order valence-corrected chi connectivity index (χ0v) is 21.0. The lowest BCUT2D eigenvalue weighted by molar-refractivity contribution is -0.139. The van der Waals surface area contributed by atoms with E-state index in [1.165, 1.54) is 12.1 Å². The smallest absolute Gasteiger partial charge is 0.328 e. The summed E-state index contributed by atoms with van der Waals surface area (Å²) in [6.45, 7) is -0.901. The molecule has 0 spiro atoms. The number of nitrogens with one attached hydrogen (secondary N) is 2. The molecule has 1 saturated heterocycles. The number of halogens is 4. The number of likely N-dealkylation sites (tertiary alicyclic amines) is 1. The normalized spacial score (nSPS) is 21.1. The van der Waals surface area contributed by atoms with Gasteiger partial charge in [-0.15, -0.1) is 0 Å². The number of carbonyl (C=O) groups is 2. The molecule has 3 aromatic rings. The van der Waals surface area contributed by atoms with Gasteiger partial charge in [0.15, 0.2) is 0 Å². The molecule has 0 radical (unpaired) electrons. The third-order valence-electron chi connectivity index (χ3n) is 7.22. The molecule has 0 unspecified atom stereocenters. The van der Waals surface area contributed by atoms with Crippen molar-refractivity contribution < 1.29 is 27.2 Å². The zero-order valence-electron chi connectivity index (χ0n) is 21.0. The molecule has 1 aromatic carbocycles. The van der Waals surface area contributed by atoms with Crippen LogP contribution in [0.1, 0.15) is 48.0 Å². The number of hydrogen-bond donors (Lipinski definition) is 2. The average Bonchev–Trinajstić information content (AvgIpc) is 3.30. The molecule has 210 valence electrons. The number of amides is 2. The first kappa shape index (κ1) is 27.3. The summed E-state index contributed by atoms with van der Waals surface area (Å²) in [6, 6.07) is 10.1. The Morgan fingerprint density at radius 1 is 1.10 bits per heavy atom. The van der Waals surface area contributed by atoms with Crippen molar-refractivity contribution in [3.05, 3.63) is 98.3 Å². The van der Waals surface area contributed by atoms with Crippen LogP contribution in [0.4, 0.5) is 17.6 Å². The fraction of sp³-hybridized carbons (Fsp3) is 0.370. The van der Waals surface area contributed by atoms with Crippen molar-refractivity contribution in [2.45, 2.75) is 55.9 Å². The van der Waals surface area contributed by atoms with Crippen LogP contribution in [0.5, 0.6) is 0 Å². The number of rotatable bonds is 7. The van der Waals surface area contributed by atoms with Gasteiger partial charge in [0.25, 0.3) is 5.56 Å². The minimum absolute atomic E-state index is 0.0677. The van der Waals surface area contributed by atoms with E-state index in [4.69, 9.17) is 0 Å². The van der Waals surface area contributed by atoms with Gasteiger partial charge in [-0.25, -0.2) is 22.9 Å². The van der Waals surface area contributed by atoms with Crippen LogP contribution in [-0.4, -0.2) is 55.9 Å². The van der Waals surface area contributed by atoms with Crippen molar-refractivity contribution in [2.24, 2.45) is 0 Å². The monoisotopic (exact) mass is 559 g/mol. The molecule has 9 nitrogen and oxygen atoms in total. The van der Waals surface area contributed by atoms with Crippen LogP contribution in [0.15, 0.2) is 64.3 Å². The van der Waals surface area contributed by atoms with E-state index < -0.39 is 78.5 Å². The van der Waals surface area contributed by atoms with Gasteiger partial charge in [-0.2, -0.15) is 4.39 Å². The maximum Gasteiger partial charge on any atom is 0.328 e. The van der Waals surface area contributed by atoms with Crippen LogP contribution in [0.3, 0.4) is 0 Å². The van der Waals surface area contributed by atoms with Gasteiger partial charge in [-0.3, -0.25) is 23.9 Å². The maximum atomic E-state index is 15.0. The Bertz CT molecular complexity index is 1540. The van der Waals surface area contributed by atoms with E-state index in [1.807, 2.05) is 4.98 Å². The molecule has 13 heteroatoms. The largest absolute Gasteiger partial charge is 0.342 e. The van der Waals surface area contributed by atoms with Crippen LogP contribution < -0.4 is 16.6 Å². The van der Waals surface area contributed by atoms with E-state index in [2.05, 4.69) is 10.3 Å². The van der Waals surface area contributed by atoms with E-state index in [-0.39, 0.29) is 24.2 Å². The van der Waals surface area contributed by atoms with Crippen molar-refractivity contribution in [1.82, 2.24) is 24.8 Å². The van der Waals surface area contributed by atoms with Crippen LogP contribution in [-0.2, 0) is 16.1 Å². The summed E-state index contributed by atoms with van der Waals surface area (Å²) in [4.78, 5) is 56.7. The van der Waals surface area contributed by atoms with Gasteiger partial charge in [-0.05, 0) is 17.5 Å². The quantitative estimate of drug-likeness (QED) is 0.341. The number of H-pyrrole nitrogens is 1. The highest BCUT2D eigenvalue weighted by atomic mass is 19.3. The molecule has 2 N–H and O–H groups in total. The van der Waals surface area contributed by atoms with E-state index in [0.29, 0.717) is 5.56 Å². The van der Waals surface area contributed by atoms with Gasteiger partial charge < -0.3 is 10.2 Å². The van der Waals surface area contributed by atoms with Gasteiger partial charge in [0.2, 0.25) is 23.7 Å². The Hall–Kier alpha value is -4.29. The number of carbonyl (C=O) groups excluding carboxylic acids is 2. The second kappa shape index (κ2) is 10.7. The number of benzene rings is 1. The maximum absolute atomic E-state index is 15.0. The first-order valence-corrected chi connectivity index (χ1v) is 12.6. The van der Waals surface area contributed by atoms with Crippen molar-refractivity contribution >= 4 is 11.8 Å². The summed E-state index contributed by atoms with van der Waals surface area (Å²) in [5, 5.41) is 2.73. The van der Waals surface area contributed by atoms with E-state index >= 15 is 0 Å². The molecule has 2 aromatic heterocycles. The van der Waals surface area contributed by atoms with Crippen molar-refractivity contribution in [3.63, 3.8) is 0 Å². The lowest BCUT2D eigenvalue weighted by Crippen LogP contribution is -2.48. The Morgan fingerprint density at radius 2 is 1.82 bits per heavy atom. The second-order valence-corrected chi connectivity index (χ2v) is 10.1. The van der Waals surface area contributed by atoms with Gasteiger partial charge in [0.05, 0.1) is 18.3 Å². The fourth-order valence-corrected chi connectivity index (χ4v) is 5.13. The van der Waals surface area contributed by atoms with Gasteiger partial charge in [-0.1, -0.05) is 36.4 Å². The molecule has 5 rings (SSSR count). The molecule has 40 heavy (non-hydrogen) atoms. The lowest BCUT2D eigenvalue weighted by atomic mass is 9.77. The predicted molar refractivity (Wildman–Crippen MR) is 134 cm³/mol. The van der Waals surface area contributed by atoms with Crippen molar-refractivity contribution in [2.75, 3.05) is 6.54 Å². The van der Waals surface area contributed by atoms with Crippen LogP contribution in [0.25, 0.3) is 0 Å². The second-order valence-electron chi connectivity index (χ2n) is 10.1. The van der Waals surface area contributed by atoms with Gasteiger partial charge >= 0.3 is 5.69 Å². The average molecular weight is 560 g/mol. The van der Waals surface area contributed by atoms with Gasteiger partial charge in [0, 0.05) is 37.1 Å². The lowest BCUT2D eigenvalue weighted by Gasteiger charge is -2.35. The number of alkyl halides is 3. The number of nitrogens with zero attached hydrogens (tertiary/aromatic N) is 3. The third-order valence-corrected chi connectivity index (χ3v) is 7.22. The standard InChI is InChI=1S/C27H25F4N5O4/c28-17-10-20(36(13-17)22(38)14-35-9-8-21(37)33-26(35)40)25(39)34-23(15-4-2-1-3-5-15)19-7-6-18(24(29)32-19)16-11-27(30,31)12-16/h1-9,16-17,20,23H,10-14H2,(H,34,39)(H,33,37,40)/t17-,20+,23+/m1/s1. The molecule has 1 aliphatic heterocycles. The number of pyridine rings is 1. The van der Waals surface area contributed by atoms with Crippen molar-refractivity contribution in [3.8, 4) is 0 Å². The Balaban J connectivity index is 1.37. The molecular formula is C27H25F4N5O4. The Kier molecular flexibility index (Phi) is 7.30. The van der Waals surface area contributed by atoms with E-state index in [9.17, 15) is 36.7 Å². The summed E-state index contributed by atoms with van der Waals surface area (Å²) in [5.74, 6) is -5.84. The minimum atomic E-state index is -2.83. The van der Waals surface area contributed by atoms with Crippen molar-refractivity contribution in [1.29, 1.82) is 0 Å². The summed E-state index contributed by atoms with van der Waals surface area (Å²) >= 11 is 0. The third kappa shape index (κ3) is 5.68. The molecule has 3 atom stereocenters. The first-order chi connectivity index (χ1) is 19.0. The molecular weight excluding hydrogens is 534 g/mol. The molecule has 1 saturated carbocycles. The summed E-state index contributed by atoms with van der Waals surface area (Å²) in [7, 11) is 0. The summed E-state index contributed by atoms with van der Waals surface area (Å²) < 4.78 is 57.0. The highest BCUT2D eigenvalue weighted by Gasteiger charge is 2.47. The highest BCUT2D eigenvalue weighted by Crippen LogP contribution is 2.48. The van der Waals surface area contributed by atoms with Crippen LogP contribution in [0, 0.1) is 5.95 Å². The number of hydrogen-bond acceptors (Lipinski definition) is 5. The van der Waals surface area contributed by atoms with Gasteiger partial charge in [0.1, 0.15) is 18.8 Å². The molecule has 2 fully saturated rings. The van der Waals surface area contributed by atoms with Crippen LogP contribution in [0.2, 0.25) is 0 Å². The number of aromatic nitrogens is 3. The number of aromatic amines is 1. The van der Waals surface area contributed by atoms with E-state index in [1.54, 1.807) is 30.3 Å². The molecule has 1 aliphatic carbocycles. The Morgan fingerprint density at radius 3 is 2.48 bits per heavy atom. The Labute approximate surface area is 224 Å². The summed E-state index contributed by atoms with van der Waals surface area (Å²) in [5.41, 5.74) is -0.786. The molecule has 0 bridgehead atoms. The predicted octanol–water partition coefficient (Wildman–Crippen LogP) is 2.43. The summed E-state index contributed by atoms with van der Waals surface area (Å²) in [6.07, 6.45) is -1.61. The zero-order chi connectivity index (χ0) is 28.6. The van der Waals surface area contributed by atoms with E-state index in [0.717, 1.165) is 21.7 Å². The van der Waals surface area contributed by atoms with Crippen LogP contribution >= 0.6 is 0 Å². The topological polar surface area (TPSA) is 117 Å². The molecule has 3 heterocycles. The highest BCUT2D eigenvalue weighted by molar-refractivity contribution is 5.88. The fourth-order valence-electron chi connectivity index (χ4n) is 5.13. The molecule has 2 aliphatic rings. The SMILES string of the molecule is O=C(N[C@@H](c1ccccc1)c1ccc(C2CC(F)(F)C2)c(F)n1)[C@@H]1C[C@@H](F)CN1C(=O)Cn1ccc(=O)[nH]c1=O. The first-order valence-electron chi connectivity index (χ1n) is 12.6. The minimum Gasteiger partial charge on any atom is -0.342 e. The molecule has 2 amide bonds.